The Bertz CT molecular complexity index is 1100. The van der Waals surface area contributed by atoms with Crippen molar-refractivity contribution >= 4 is 17.7 Å². The van der Waals surface area contributed by atoms with E-state index in [1.807, 2.05) is 37.3 Å². The molecule has 1 saturated heterocycles. The summed E-state index contributed by atoms with van der Waals surface area (Å²) in [4.78, 5) is 21.0. The van der Waals surface area contributed by atoms with Crippen LogP contribution in [0, 0.1) is 11.2 Å². The number of nitrogens with zero attached hydrogens (tertiary/aromatic N) is 3. The van der Waals surface area contributed by atoms with Crippen molar-refractivity contribution < 1.29 is 23.4 Å². The maximum Gasteiger partial charge on any atom is 0.260 e. The largest absolute Gasteiger partial charge is 0.493 e. The van der Waals surface area contributed by atoms with Gasteiger partial charge in [0.25, 0.3) is 5.91 Å². The minimum Gasteiger partial charge on any atom is -0.493 e. The summed E-state index contributed by atoms with van der Waals surface area (Å²) in [6.07, 6.45) is 6.90. The Balaban J connectivity index is 1.60. The van der Waals surface area contributed by atoms with Crippen LogP contribution in [0.25, 0.3) is 5.57 Å². The second-order valence-electron chi connectivity index (χ2n) is 8.62. The van der Waals surface area contributed by atoms with Gasteiger partial charge in [0.2, 0.25) is 5.82 Å². The maximum atomic E-state index is 15.3. The quantitative estimate of drug-likeness (QED) is 0.598. The van der Waals surface area contributed by atoms with Gasteiger partial charge in [-0.15, -0.1) is 0 Å². The predicted molar refractivity (Wildman–Crippen MR) is 126 cm³/mol. The molecule has 0 radical (unpaired) electrons. The SMILES string of the molecule is COc1c(Cc2ccc(/C(C=N)=C/N(C)C)nc2)cc2c(c1F)OCN(CC1CCCO1)C2=O. The van der Waals surface area contributed by atoms with Crippen LogP contribution in [0.4, 0.5) is 4.39 Å². The first-order valence-electron chi connectivity index (χ1n) is 11.2. The van der Waals surface area contributed by atoms with Crippen molar-refractivity contribution in [1.82, 2.24) is 14.8 Å². The van der Waals surface area contributed by atoms with Crippen LogP contribution in [-0.4, -0.2) is 74.1 Å². The fourth-order valence-electron chi connectivity index (χ4n) is 4.24. The molecule has 1 N–H and O–H groups in total. The van der Waals surface area contributed by atoms with Gasteiger partial charge in [-0.25, -0.2) is 0 Å². The highest BCUT2D eigenvalue weighted by Crippen LogP contribution is 2.38. The van der Waals surface area contributed by atoms with E-state index in [1.165, 1.54) is 13.3 Å². The van der Waals surface area contributed by atoms with Crippen LogP contribution in [-0.2, 0) is 11.2 Å². The summed E-state index contributed by atoms with van der Waals surface area (Å²) < 4.78 is 31.9. The monoisotopic (exact) mass is 468 g/mol. The lowest BCUT2D eigenvalue weighted by Crippen LogP contribution is -2.43. The number of amides is 1. The van der Waals surface area contributed by atoms with Crippen molar-refractivity contribution in [2.45, 2.75) is 25.4 Å². The number of fused-ring (bicyclic) bond motifs is 1. The number of nitrogens with one attached hydrogen (secondary N) is 1. The third-order valence-corrected chi connectivity index (χ3v) is 5.86. The molecule has 4 rings (SSSR count). The predicted octanol–water partition coefficient (Wildman–Crippen LogP) is 3.34. The lowest BCUT2D eigenvalue weighted by Gasteiger charge is -2.31. The molecular weight excluding hydrogens is 439 g/mol. The highest BCUT2D eigenvalue weighted by atomic mass is 19.1. The van der Waals surface area contributed by atoms with Crippen molar-refractivity contribution in [3.8, 4) is 11.5 Å². The van der Waals surface area contributed by atoms with Gasteiger partial charge in [0.15, 0.2) is 18.2 Å². The number of methoxy groups -OCH3 is 1. The van der Waals surface area contributed by atoms with E-state index in [0.29, 0.717) is 36.4 Å². The van der Waals surface area contributed by atoms with E-state index in [4.69, 9.17) is 19.6 Å². The van der Waals surface area contributed by atoms with Gasteiger partial charge in [-0.3, -0.25) is 9.78 Å². The molecule has 1 unspecified atom stereocenters. The highest BCUT2D eigenvalue weighted by Gasteiger charge is 2.33. The minimum atomic E-state index is -0.676. The van der Waals surface area contributed by atoms with Gasteiger partial charge in [0, 0.05) is 56.9 Å². The van der Waals surface area contributed by atoms with Crippen LogP contribution < -0.4 is 9.47 Å². The molecule has 1 fully saturated rings. The molecule has 180 valence electrons. The summed E-state index contributed by atoms with van der Waals surface area (Å²) in [7, 11) is 5.15. The molecule has 0 saturated carbocycles. The van der Waals surface area contributed by atoms with Crippen molar-refractivity contribution in [2.24, 2.45) is 0 Å². The number of carbonyl (C=O) groups is 1. The molecule has 0 aliphatic carbocycles. The van der Waals surface area contributed by atoms with Crippen LogP contribution in [0.15, 0.2) is 30.6 Å². The Morgan fingerprint density at radius 1 is 1.41 bits per heavy atom. The smallest absolute Gasteiger partial charge is 0.260 e. The number of ether oxygens (including phenoxy) is 3. The van der Waals surface area contributed by atoms with E-state index in [2.05, 4.69) is 4.98 Å². The number of hydrogen-bond acceptors (Lipinski definition) is 7. The van der Waals surface area contributed by atoms with Gasteiger partial charge in [-0.1, -0.05) is 6.07 Å². The zero-order valence-electron chi connectivity index (χ0n) is 19.6. The number of carbonyl (C=O) groups excluding carboxylic acids is 1. The first-order chi connectivity index (χ1) is 16.4. The summed E-state index contributed by atoms with van der Waals surface area (Å²) in [6, 6.07) is 5.33. The Labute approximate surface area is 198 Å². The summed E-state index contributed by atoms with van der Waals surface area (Å²) in [5.41, 5.74) is 2.85. The molecule has 34 heavy (non-hydrogen) atoms. The Kier molecular flexibility index (Phi) is 7.12. The molecule has 1 aromatic heterocycles. The fourth-order valence-corrected chi connectivity index (χ4v) is 4.24. The minimum absolute atomic E-state index is 0.0198. The van der Waals surface area contributed by atoms with E-state index >= 15 is 4.39 Å². The van der Waals surface area contributed by atoms with Gasteiger partial charge in [0.1, 0.15) is 0 Å². The van der Waals surface area contributed by atoms with E-state index in [0.717, 1.165) is 18.4 Å². The molecule has 0 spiro atoms. The van der Waals surface area contributed by atoms with Crippen LogP contribution in [0.2, 0.25) is 0 Å². The number of rotatable bonds is 8. The van der Waals surface area contributed by atoms with Gasteiger partial charge in [-0.2, -0.15) is 4.39 Å². The second kappa shape index (κ2) is 10.2. The highest BCUT2D eigenvalue weighted by molar-refractivity contribution is 6.07. The van der Waals surface area contributed by atoms with E-state index in [-0.39, 0.29) is 35.8 Å². The standard InChI is InChI=1S/C25H29FN4O4/c1-29(2)13-18(11-27)21-7-6-16(12-28-21)9-17-10-20-24(22(26)23(17)32-3)34-15-30(25(20)31)14-19-5-4-8-33-19/h6-7,10-13,19,27H,4-5,8-9,14-15H2,1-3H3/b18-13+,27-11?. The number of allylic oxidation sites excluding steroid dienone is 1. The lowest BCUT2D eigenvalue weighted by atomic mass is 9.99. The topological polar surface area (TPSA) is 88.0 Å². The number of aromatic nitrogens is 1. The number of benzene rings is 1. The summed E-state index contributed by atoms with van der Waals surface area (Å²) >= 11 is 0. The number of halogens is 1. The van der Waals surface area contributed by atoms with Crippen LogP contribution in [0.1, 0.15) is 40.0 Å². The number of hydrogen-bond donors (Lipinski definition) is 1. The Morgan fingerprint density at radius 2 is 2.24 bits per heavy atom. The first kappa shape index (κ1) is 23.7. The maximum absolute atomic E-state index is 15.3. The third-order valence-electron chi connectivity index (χ3n) is 5.86. The normalized spacial score (nSPS) is 17.9. The van der Waals surface area contributed by atoms with Crippen LogP contribution in [0.5, 0.6) is 11.5 Å². The van der Waals surface area contributed by atoms with Crippen LogP contribution in [0.3, 0.4) is 0 Å². The average molecular weight is 469 g/mol. The molecule has 1 amide bonds. The molecule has 9 heteroatoms. The van der Waals surface area contributed by atoms with Gasteiger partial charge < -0.3 is 29.4 Å². The number of pyridine rings is 1. The summed E-state index contributed by atoms with van der Waals surface area (Å²) in [5.74, 6) is -0.981. The summed E-state index contributed by atoms with van der Waals surface area (Å²) in [5, 5.41) is 7.62. The van der Waals surface area contributed by atoms with Gasteiger partial charge in [0.05, 0.1) is 31.0 Å². The molecule has 2 aromatic rings. The van der Waals surface area contributed by atoms with Crippen molar-refractivity contribution in [3.05, 3.63) is 58.8 Å². The van der Waals surface area contributed by atoms with Gasteiger partial charge in [-0.05, 0) is 30.5 Å². The Morgan fingerprint density at radius 3 is 2.85 bits per heavy atom. The van der Waals surface area contributed by atoms with Crippen molar-refractivity contribution in [1.29, 1.82) is 5.41 Å². The molecule has 8 nitrogen and oxygen atoms in total. The van der Waals surface area contributed by atoms with E-state index < -0.39 is 5.82 Å². The zero-order chi connectivity index (χ0) is 24.2. The second-order valence-corrected chi connectivity index (χ2v) is 8.62. The van der Waals surface area contributed by atoms with Gasteiger partial charge >= 0.3 is 0 Å². The van der Waals surface area contributed by atoms with E-state index in [9.17, 15) is 4.79 Å². The molecule has 2 aliphatic rings. The average Bonchev–Trinajstić information content (AvgIpc) is 3.33. The van der Waals surface area contributed by atoms with Crippen molar-refractivity contribution in [3.63, 3.8) is 0 Å². The first-order valence-corrected chi connectivity index (χ1v) is 11.2. The summed E-state index contributed by atoms with van der Waals surface area (Å²) in [6.45, 7) is 1.09. The molecule has 1 aromatic carbocycles. The fraction of sp³-hybridized carbons (Fsp3) is 0.400. The molecule has 2 aliphatic heterocycles. The lowest BCUT2D eigenvalue weighted by molar-refractivity contribution is 0.0249. The molecule has 0 bridgehead atoms. The molecular formula is C25H29FN4O4. The molecule has 1 atom stereocenters. The van der Waals surface area contributed by atoms with E-state index in [1.54, 1.807) is 17.2 Å². The van der Waals surface area contributed by atoms with Crippen molar-refractivity contribution in [2.75, 3.05) is 41.1 Å². The third kappa shape index (κ3) is 4.89. The van der Waals surface area contributed by atoms with Crippen LogP contribution >= 0.6 is 0 Å². The zero-order valence-corrected chi connectivity index (χ0v) is 19.6. The Hall–Kier alpha value is -3.46. The molecule has 3 heterocycles.